The van der Waals surface area contributed by atoms with Crippen LogP contribution in [-0.4, -0.2) is 15.0 Å². The second-order valence-corrected chi connectivity index (χ2v) is 3.86. The van der Waals surface area contributed by atoms with Crippen LogP contribution in [0.4, 0.5) is 13.2 Å². The Kier molecular flexibility index (Phi) is 3.19. The number of rotatable bonds is 2. The van der Waals surface area contributed by atoms with Gasteiger partial charge in [0, 0.05) is 5.33 Å². The maximum atomic E-state index is 12.8. The van der Waals surface area contributed by atoms with Gasteiger partial charge in [-0.1, -0.05) is 33.3 Å². The lowest BCUT2D eigenvalue weighted by Gasteiger charge is -2.11. The third kappa shape index (κ3) is 2.49. The molecule has 2 rings (SSSR count). The number of halogens is 4. The van der Waals surface area contributed by atoms with Crippen LogP contribution in [0.1, 0.15) is 11.3 Å². The van der Waals surface area contributed by atoms with E-state index < -0.39 is 11.7 Å². The largest absolute Gasteiger partial charge is 0.418 e. The lowest BCUT2D eigenvalue weighted by molar-refractivity contribution is -0.137. The van der Waals surface area contributed by atoms with Crippen LogP contribution in [-0.2, 0) is 11.5 Å². The molecule has 0 atom stereocenters. The van der Waals surface area contributed by atoms with E-state index in [4.69, 9.17) is 0 Å². The highest BCUT2D eigenvalue weighted by atomic mass is 79.9. The van der Waals surface area contributed by atoms with Crippen LogP contribution in [0.3, 0.4) is 0 Å². The molecule has 0 saturated carbocycles. The summed E-state index contributed by atoms with van der Waals surface area (Å²) in [4.78, 5) is 0. The third-order valence-electron chi connectivity index (χ3n) is 2.13. The fraction of sp³-hybridized carbons (Fsp3) is 0.200. The van der Waals surface area contributed by atoms with E-state index in [1.165, 1.54) is 24.4 Å². The van der Waals surface area contributed by atoms with Gasteiger partial charge in [0.05, 0.1) is 23.1 Å². The van der Waals surface area contributed by atoms with E-state index in [1.807, 2.05) is 0 Å². The molecule has 1 aromatic carbocycles. The number of nitrogens with zero attached hydrogens (tertiary/aromatic N) is 3. The van der Waals surface area contributed by atoms with Crippen molar-refractivity contribution < 1.29 is 13.2 Å². The molecule has 90 valence electrons. The molecule has 0 aliphatic carbocycles. The van der Waals surface area contributed by atoms with Gasteiger partial charge in [-0.2, -0.15) is 13.2 Å². The van der Waals surface area contributed by atoms with Crippen LogP contribution in [0.25, 0.3) is 5.69 Å². The summed E-state index contributed by atoms with van der Waals surface area (Å²) < 4.78 is 39.4. The Morgan fingerprint density at radius 2 is 1.94 bits per heavy atom. The maximum absolute atomic E-state index is 12.8. The van der Waals surface area contributed by atoms with E-state index in [2.05, 4.69) is 26.2 Å². The first-order valence-corrected chi connectivity index (χ1v) is 5.78. The lowest BCUT2D eigenvalue weighted by atomic mass is 10.1. The Bertz CT molecular complexity index is 522. The second-order valence-electron chi connectivity index (χ2n) is 3.30. The average Bonchev–Trinajstić information content (AvgIpc) is 2.76. The second kappa shape index (κ2) is 4.48. The van der Waals surface area contributed by atoms with Crippen molar-refractivity contribution in [3.05, 3.63) is 41.7 Å². The normalized spacial score (nSPS) is 11.8. The van der Waals surface area contributed by atoms with E-state index in [0.29, 0.717) is 11.0 Å². The SMILES string of the molecule is FC(F)(F)c1ccccc1-n1cc(CBr)nn1. The highest BCUT2D eigenvalue weighted by Crippen LogP contribution is 2.33. The van der Waals surface area contributed by atoms with E-state index in [9.17, 15) is 13.2 Å². The molecular weight excluding hydrogens is 299 g/mol. The smallest absolute Gasteiger partial charge is 0.220 e. The molecule has 0 amide bonds. The zero-order valence-corrected chi connectivity index (χ0v) is 10.0. The van der Waals surface area contributed by atoms with Gasteiger partial charge in [0.25, 0.3) is 0 Å². The number of benzene rings is 1. The minimum Gasteiger partial charge on any atom is -0.220 e. The van der Waals surface area contributed by atoms with Crippen molar-refractivity contribution in [3.8, 4) is 5.69 Å². The summed E-state index contributed by atoms with van der Waals surface area (Å²) in [7, 11) is 0. The molecule has 7 heteroatoms. The molecule has 3 nitrogen and oxygen atoms in total. The summed E-state index contributed by atoms with van der Waals surface area (Å²) in [6, 6.07) is 5.25. The standard InChI is InChI=1S/C10H7BrF3N3/c11-5-7-6-17(16-15-7)9-4-2-1-3-8(9)10(12,13)14/h1-4,6H,5H2. The molecule has 0 radical (unpaired) electrons. The minimum atomic E-state index is -4.41. The molecule has 0 aliphatic heterocycles. The lowest BCUT2D eigenvalue weighted by Crippen LogP contribution is -2.10. The number of hydrogen-bond acceptors (Lipinski definition) is 2. The minimum absolute atomic E-state index is 0.0281. The van der Waals surface area contributed by atoms with Crippen molar-refractivity contribution in [1.82, 2.24) is 15.0 Å². The highest BCUT2D eigenvalue weighted by molar-refractivity contribution is 9.08. The van der Waals surface area contributed by atoms with Gasteiger partial charge in [0.2, 0.25) is 0 Å². The number of aromatic nitrogens is 3. The van der Waals surface area contributed by atoms with Crippen molar-refractivity contribution in [3.63, 3.8) is 0 Å². The van der Waals surface area contributed by atoms with E-state index in [-0.39, 0.29) is 5.69 Å². The molecule has 0 bridgehead atoms. The van der Waals surface area contributed by atoms with Crippen molar-refractivity contribution in [2.45, 2.75) is 11.5 Å². The monoisotopic (exact) mass is 305 g/mol. The van der Waals surface area contributed by atoms with Gasteiger partial charge in [-0.25, -0.2) is 4.68 Å². The van der Waals surface area contributed by atoms with E-state index in [0.717, 1.165) is 10.7 Å². The maximum Gasteiger partial charge on any atom is 0.418 e. The quantitative estimate of drug-likeness (QED) is 0.798. The van der Waals surface area contributed by atoms with Gasteiger partial charge in [-0.3, -0.25) is 0 Å². The molecule has 0 spiro atoms. The molecule has 0 saturated heterocycles. The Balaban J connectivity index is 2.52. The van der Waals surface area contributed by atoms with Crippen LogP contribution in [0, 0.1) is 0 Å². The summed E-state index contributed by atoms with van der Waals surface area (Å²) in [5.41, 5.74) is -0.187. The van der Waals surface area contributed by atoms with Crippen molar-refractivity contribution in [2.24, 2.45) is 0 Å². The van der Waals surface area contributed by atoms with Crippen LogP contribution >= 0.6 is 15.9 Å². The predicted molar refractivity (Wildman–Crippen MR) is 59.0 cm³/mol. The van der Waals surface area contributed by atoms with Crippen LogP contribution in [0.5, 0.6) is 0 Å². The van der Waals surface area contributed by atoms with Gasteiger partial charge in [-0.05, 0) is 12.1 Å². The Morgan fingerprint density at radius 3 is 2.53 bits per heavy atom. The topological polar surface area (TPSA) is 30.7 Å². The van der Waals surface area contributed by atoms with Gasteiger partial charge >= 0.3 is 6.18 Å². The van der Waals surface area contributed by atoms with Gasteiger partial charge in [0.15, 0.2) is 0 Å². The molecule has 2 aromatic rings. The summed E-state index contributed by atoms with van der Waals surface area (Å²) in [5.74, 6) is 0. The van der Waals surface area contributed by atoms with Gasteiger partial charge < -0.3 is 0 Å². The molecule has 0 aliphatic rings. The highest BCUT2D eigenvalue weighted by Gasteiger charge is 2.33. The van der Waals surface area contributed by atoms with Gasteiger partial charge in [0.1, 0.15) is 0 Å². The first-order chi connectivity index (χ1) is 8.02. The van der Waals surface area contributed by atoms with E-state index in [1.54, 1.807) is 0 Å². The molecular formula is C10H7BrF3N3. The predicted octanol–water partition coefficient (Wildman–Crippen LogP) is 3.18. The average molecular weight is 306 g/mol. The summed E-state index contributed by atoms with van der Waals surface area (Å²) in [6.45, 7) is 0. The molecule has 0 N–H and O–H groups in total. The summed E-state index contributed by atoms with van der Waals surface area (Å²) in [5, 5.41) is 7.85. The van der Waals surface area contributed by atoms with Crippen molar-refractivity contribution >= 4 is 15.9 Å². The third-order valence-corrected chi connectivity index (χ3v) is 2.71. The van der Waals surface area contributed by atoms with Crippen LogP contribution < -0.4 is 0 Å². The molecule has 17 heavy (non-hydrogen) atoms. The van der Waals surface area contributed by atoms with Crippen LogP contribution in [0.2, 0.25) is 0 Å². The number of alkyl halides is 4. The zero-order valence-electron chi connectivity index (χ0n) is 8.45. The Hall–Kier alpha value is -1.37. The number of para-hydroxylation sites is 1. The fourth-order valence-electron chi connectivity index (χ4n) is 1.39. The molecule has 0 fully saturated rings. The van der Waals surface area contributed by atoms with Gasteiger partial charge in [-0.15, -0.1) is 5.10 Å². The zero-order chi connectivity index (χ0) is 12.5. The first kappa shape index (κ1) is 12.1. The van der Waals surface area contributed by atoms with Crippen molar-refractivity contribution in [2.75, 3.05) is 0 Å². The first-order valence-electron chi connectivity index (χ1n) is 4.66. The van der Waals surface area contributed by atoms with Crippen molar-refractivity contribution in [1.29, 1.82) is 0 Å². The van der Waals surface area contributed by atoms with Crippen LogP contribution in [0.15, 0.2) is 30.5 Å². The Labute approximate surface area is 103 Å². The Morgan fingerprint density at radius 1 is 1.24 bits per heavy atom. The molecule has 0 unspecified atom stereocenters. The summed E-state index contributed by atoms with van der Waals surface area (Å²) >= 11 is 3.16. The molecule has 1 heterocycles. The summed E-state index contributed by atoms with van der Waals surface area (Å²) in [6.07, 6.45) is -2.95. The molecule has 1 aromatic heterocycles. The fourth-order valence-corrected chi connectivity index (χ4v) is 1.65. The number of hydrogen-bond donors (Lipinski definition) is 0. The van der Waals surface area contributed by atoms with E-state index >= 15 is 0 Å².